The van der Waals surface area contributed by atoms with Crippen LogP contribution in [0.2, 0.25) is 5.02 Å². The summed E-state index contributed by atoms with van der Waals surface area (Å²) in [7, 11) is 0. The van der Waals surface area contributed by atoms with Gasteiger partial charge in [0.15, 0.2) is 0 Å². The van der Waals surface area contributed by atoms with Crippen LogP contribution in [0.3, 0.4) is 0 Å². The molecule has 21 heavy (non-hydrogen) atoms. The van der Waals surface area contributed by atoms with Gasteiger partial charge in [-0.25, -0.2) is 0 Å². The number of rotatable bonds is 4. The van der Waals surface area contributed by atoms with E-state index >= 15 is 0 Å². The van der Waals surface area contributed by atoms with Crippen LogP contribution in [0.15, 0.2) is 60.7 Å². The zero-order valence-corrected chi connectivity index (χ0v) is 12.6. The quantitative estimate of drug-likeness (QED) is 0.762. The lowest BCUT2D eigenvalue weighted by atomic mass is 10.0. The fourth-order valence-corrected chi connectivity index (χ4v) is 2.62. The smallest absolute Gasteiger partial charge is 0.0751 e. The van der Waals surface area contributed by atoms with Crippen molar-refractivity contribution in [2.45, 2.75) is 13.0 Å². The van der Waals surface area contributed by atoms with E-state index in [1.54, 1.807) is 0 Å². The summed E-state index contributed by atoms with van der Waals surface area (Å²) in [5.74, 6) is 0. The van der Waals surface area contributed by atoms with Crippen molar-refractivity contribution in [3.8, 4) is 0 Å². The molecule has 2 nitrogen and oxygen atoms in total. The highest BCUT2D eigenvalue weighted by Gasteiger charge is 2.14. The number of fused-ring (bicyclic) bond motifs is 1. The van der Waals surface area contributed by atoms with Crippen molar-refractivity contribution in [1.82, 2.24) is 10.3 Å². The number of halogens is 1. The van der Waals surface area contributed by atoms with Crippen LogP contribution in [0.25, 0.3) is 10.9 Å². The molecule has 1 aromatic heterocycles. The van der Waals surface area contributed by atoms with Crippen molar-refractivity contribution < 1.29 is 0 Å². The molecule has 0 saturated carbocycles. The van der Waals surface area contributed by atoms with Crippen molar-refractivity contribution in [3.05, 3.63) is 76.9 Å². The van der Waals surface area contributed by atoms with Gasteiger partial charge < -0.3 is 5.32 Å². The second-order valence-electron chi connectivity index (χ2n) is 4.97. The third-order valence-corrected chi connectivity index (χ3v) is 3.78. The number of pyridine rings is 1. The summed E-state index contributed by atoms with van der Waals surface area (Å²) in [6.45, 7) is 2.98. The Hall–Kier alpha value is -1.90. The lowest BCUT2D eigenvalue weighted by Crippen LogP contribution is -2.22. The van der Waals surface area contributed by atoms with Gasteiger partial charge in [0.05, 0.1) is 17.3 Å². The van der Waals surface area contributed by atoms with E-state index < -0.39 is 0 Å². The molecule has 0 aliphatic heterocycles. The van der Waals surface area contributed by atoms with Gasteiger partial charge in [-0.15, -0.1) is 0 Å². The molecule has 0 spiro atoms. The lowest BCUT2D eigenvalue weighted by molar-refractivity contribution is 0.617. The van der Waals surface area contributed by atoms with E-state index in [-0.39, 0.29) is 6.04 Å². The number of nitrogens with zero attached hydrogens (tertiary/aromatic N) is 1. The standard InChI is InChI=1S/C18H17ClN2/c1-2-20-18(14-7-10-15(19)11-8-14)17-12-9-13-5-3-4-6-16(13)21-17/h3-12,18,20H,2H2,1H3. The van der Waals surface area contributed by atoms with Crippen LogP contribution in [-0.4, -0.2) is 11.5 Å². The summed E-state index contributed by atoms with van der Waals surface area (Å²) in [5.41, 5.74) is 3.22. The van der Waals surface area contributed by atoms with E-state index in [9.17, 15) is 0 Å². The topological polar surface area (TPSA) is 24.9 Å². The maximum atomic E-state index is 5.98. The molecule has 0 amide bonds. The molecule has 0 radical (unpaired) electrons. The van der Waals surface area contributed by atoms with Gasteiger partial charge in [0.1, 0.15) is 0 Å². The molecule has 1 unspecified atom stereocenters. The number of nitrogens with one attached hydrogen (secondary N) is 1. The van der Waals surface area contributed by atoms with Crippen LogP contribution >= 0.6 is 11.6 Å². The molecule has 3 rings (SSSR count). The highest BCUT2D eigenvalue weighted by Crippen LogP contribution is 2.24. The van der Waals surface area contributed by atoms with Crippen LogP contribution in [0.1, 0.15) is 24.2 Å². The molecule has 0 aliphatic carbocycles. The normalized spacial score (nSPS) is 12.5. The minimum atomic E-state index is 0.0804. The first-order chi connectivity index (χ1) is 10.3. The number of para-hydroxylation sites is 1. The summed E-state index contributed by atoms with van der Waals surface area (Å²) in [6, 6.07) is 20.4. The Morgan fingerprint density at radius 3 is 2.52 bits per heavy atom. The van der Waals surface area contributed by atoms with Crippen LogP contribution < -0.4 is 5.32 Å². The van der Waals surface area contributed by atoms with Gasteiger partial charge in [-0.05, 0) is 36.4 Å². The molecule has 0 aliphatic rings. The number of hydrogen-bond donors (Lipinski definition) is 1. The molecule has 0 fully saturated rings. The Bertz CT molecular complexity index is 738. The Morgan fingerprint density at radius 2 is 1.76 bits per heavy atom. The van der Waals surface area contributed by atoms with Gasteiger partial charge in [-0.2, -0.15) is 0 Å². The van der Waals surface area contributed by atoms with Crippen molar-refractivity contribution in [3.63, 3.8) is 0 Å². The Labute approximate surface area is 129 Å². The molecule has 1 atom stereocenters. The van der Waals surface area contributed by atoms with Crippen LogP contribution in [0.4, 0.5) is 0 Å². The largest absolute Gasteiger partial charge is 0.305 e. The van der Waals surface area contributed by atoms with Gasteiger partial charge in [-0.3, -0.25) is 4.98 Å². The van der Waals surface area contributed by atoms with Crippen LogP contribution in [0.5, 0.6) is 0 Å². The molecule has 106 valence electrons. The molecular weight excluding hydrogens is 280 g/mol. The highest BCUT2D eigenvalue weighted by atomic mass is 35.5. The SMILES string of the molecule is CCNC(c1ccc(Cl)cc1)c1ccc2ccccc2n1. The minimum Gasteiger partial charge on any atom is -0.305 e. The zero-order chi connectivity index (χ0) is 14.7. The van der Waals surface area contributed by atoms with Gasteiger partial charge in [0.25, 0.3) is 0 Å². The van der Waals surface area contributed by atoms with Gasteiger partial charge >= 0.3 is 0 Å². The summed E-state index contributed by atoms with van der Waals surface area (Å²) < 4.78 is 0. The zero-order valence-electron chi connectivity index (χ0n) is 11.9. The first-order valence-corrected chi connectivity index (χ1v) is 7.50. The Morgan fingerprint density at radius 1 is 1.00 bits per heavy atom. The number of hydrogen-bond acceptors (Lipinski definition) is 2. The fourth-order valence-electron chi connectivity index (χ4n) is 2.50. The molecule has 0 bridgehead atoms. The maximum absolute atomic E-state index is 5.98. The fraction of sp³-hybridized carbons (Fsp3) is 0.167. The second-order valence-corrected chi connectivity index (χ2v) is 5.41. The maximum Gasteiger partial charge on any atom is 0.0751 e. The Kier molecular flexibility index (Phi) is 4.18. The van der Waals surface area contributed by atoms with Crippen molar-refractivity contribution in [2.75, 3.05) is 6.54 Å². The molecular formula is C18H17ClN2. The van der Waals surface area contributed by atoms with E-state index in [4.69, 9.17) is 16.6 Å². The number of aromatic nitrogens is 1. The molecule has 0 saturated heterocycles. The van der Waals surface area contributed by atoms with E-state index in [0.717, 1.165) is 28.2 Å². The van der Waals surface area contributed by atoms with Gasteiger partial charge in [0.2, 0.25) is 0 Å². The molecule has 1 N–H and O–H groups in total. The van der Waals surface area contributed by atoms with E-state index in [2.05, 4.69) is 30.4 Å². The molecule has 3 heteroatoms. The molecule has 2 aromatic carbocycles. The Balaban J connectivity index is 2.04. The third-order valence-electron chi connectivity index (χ3n) is 3.53. The van der Waals surface area contributed by atoms with Crippen LogP contribution in [-0.2, 0) is 0 Å². The third kappa shape index (κ3) is 3.07. The average molecular weight is 297 g/mol. The van der Waals surface area contributed by atoms with Crippen molar-refractivity contribution >= 4 is 22.5 Å². The number of benzene rings is 2. The van der Waals surface area contributed by atoms with Gasteiger partial charge in [-0.1, -0.05) is 54.9 Å². The minimum absolute atomic E-state index is 0.0804. The van der Waals surface area contributed by atoms with Crippen LogP contribution in [0, 0.1) is 0 Å². The predicted octanol–water partition coefficient (Wildman–Crippen LogP) is 4.59. The van der Waals surface area contributed by atoms with Crippen molar-refractivity contribution in [1.29, 1.82) is 0 Å². The predicted molar refractivity (Wildman–Crippen MR) is 88.7 cm³/mol. The monoisotopic (exact) mass is 296 g/mol. The van der Waals surface area contributed by atoms with E-state index in [1.165, 1.54) is 5.56 Å². The molecule has 3 aromatic rings. The lowest BCUT2D eigenvalue weighted by Gasteiger charge is -2.18. The second kappa shape index (κ2) is 6.25. The first kappa shape index (κ1) is 14.1. The van der Waals surface area contributed by atoms with E-state index in [0.29, 0.717) is 0 Å². The highest BCUT2D eigenvalue weighted by molar-refractivity contribution is 6.30. The first-order valence-electron chi connectivity index (χ1n) is 7.12. The van der Waals surface area contributed by atoms with Crippen molar-refractivity contribution in [2.24, 2.45) is 0 Å². The summed E-state index contributed by atoms with van der Waals surface area (Å²) in [4.78, 5) is 4.80. The summed E-state index contributed by atoms with van der Waals surface area (Å²) in [5, 5.41) is 5.40. The van der Waals surface area contributed by atoms with E-state index in [1.807, 2.05) is 42.5 Å². The molecule has 1 heterocycles. The average Bonchev–Trinajstić information content (AvgIpc) is 2.53. The van der Waals surface area contributed by atoms with Gasteiger partial charge in [0, 0.05) is 10.4 Å². The summed E-state index contributed by atoms with van der Waals surface area (Å²) >= 11 is 5.98. The summed E-state index contributed by atoms with van der Waals surface area (Å²) in [6.07, 6.45) is 0.